The zero-order valence-corrected chi connectivity index (χ0v) is 10.9. The normalized spacial score (nSPS) is 23.9. The van der Waals surface area contributed by atoms with Crippen molar-refractivity contribution in [2.24, 2.45) is 0 Å². The van der Waals surface area contributed by atoms with Crippen molar-refractivity contribution in [1.29, 1.82) is 0 Å². The van der Waals surface area contributed by atoms with E-state index in [4.69, 9.17) is 14.2 Å². The topological polar surface area (TPSA) is 44.8 Å². The van der Waals surface area contributed by atoms with Gasteiger partial charge in [-0.25, -0.2) is 0 Å². The Balaban J connectivity index is 1.96. The summed E-state index contributed by atoms with van der Waals surface area (Å²) < 4.78 is 15.5. The second kappa shape index (κ2) is 8.48. The van der Waals surface area contributed by atoms with Crippen molar-refractivity contribution in [3.63, 3.8) is 0 Å². The highest BCUT2D eigenvalue weighted by Crippen LogP contribution is 2.18. The molecule has 0 radical (unpaired) electrons. The molecule has 0 spiro atoms. The summed E-state index contributed by atoms with van der Waals surface area (Å²) in [5.74, 6) is -0.366. The quantitative estimate of drug-likeness (QED) is 0.486. The average molecular weight is 244 g/mol. The van der Waals surface area contributed by atoms with E-state index in [9.17, 15) is 4.79 Å². The van der Waals surface area contributed by atoms with Crippen molar-refractivity contribution in [2.75, 3.05) is 6.61 Å². The van der Waals surface area contributed by atoms with E-state index in [1.54, 1.807) is 0 Å². The molecule has 0 aliphatic carbocycles. The maximum Gasteiger partial charge on any atom is 0.318 e. The third kappa shape index (κ3) is 6.64. The Bertz CT molecular complexity index is 217. The van der Waals surface area contributed by atoms with Crippen LogP contribution in [0.25, 0.3) is 0 Å². The molecule has 0 bridgehead atoms. The lowest BCUT2D eigenvalue weighted by Gasteiger charge is -2.10. The van der Waals surface area contributed by atoms with Gasteiger partial charge in [-0.3, -0.25) is 4.79 Å². The number of hydrogen-bond donors (Lipinski definition) is 0. The molecule has 2 atom stereocenters. The van der Waals surface area contributed by atoms with Gasteiger partial charge in [0, 0.05) is 6.92 Å². The van der Waals surface area contributed by atoms with Gasteiger partial charge in [0.2, 0.25) is 0 Å². The number of carbonyl (C=O) groups excluding carboxylic acids is 1. The van der Waals surface area contributed by atoms with E-state index in [-0.39, 0.29) is 12.1 Å². The Kier molecular flexibility index (Phi) is 7.21. The highest BCUT2D eigenvalue weighted by Gasteiger charge is 2.27. The van der Waals surface area contributed by atoms with Gasteiger partial charge in [0.05, 0.1) is 12.7 Å². The molecule has 0 amide bonds. The molecule has 0 aromatic carbocycles. The van der Waals surface area contributed by atoms with Gasteiger partial charge in [0.25, 0.3) is 0 Å². The monoisotopic (exact) mass is 244 g/mol. The minimum absolute atomic E-state index is 0.0884. The van der Waals surface area contributed by atoms with Crippen LogP contribution in [-0.4, -0.2) is 25.2 Å². The first-order valence-corrected chi connectivity index (χ1v) is 6.66. The summed E-state index contributed by atoms with van der Waals surface area (Å²) in [6.45, 7) is 3.33. The van der Waals surface area contributed by atoms with Crippen LogP contribution in [0.5, 0.6) is 0 Å². The third-order valence-electron chi connectivity index (χ3n) is 2.86. The van der Waals surface area contributed by atoms with Crippen molar-refractivity contribution in [1.82, 2.24) is 0 Å². The average Bonchev–Trinajstić information content (AvgIpc) is 2.70. The molecule has 1 heterocycles. The van der Waals surface area contributed by atoms with Crippen LogP contribution in [0.1, 0.15) is 58.8 Å². The minimum atomic E-state index is -0.780. The smallest absolute Gasteiger partial charge is 0.318 e. The maximum atomic E-state index is 10.7. The molecule has 4 nitrogen and oxygen atoms in total. The van der Waals surface area contributed by atoms with Gasteiger partial charge in [-0.15, -0.1) is 0 Å². The molecule has 1 fully saturated rings. The number of unbranched alkanes of at least 4 members (excludes halogenated alkanes) is 5. The predicted octanol–water partition coefficient (Wildman–Crippen LogP) is 3.00. The Morgan fingerprint density at radius 1 is 1.24 bits per heavy atom. The Labute approximate surface area is 104 Å². The number of rotatable bonds is 8. The standard InChI is InChI=1S/C13H24O4/c1-3-4-5-6-7-8-9-12-10-15-13(17-12)16-11(2)14/h12-13H,3-10H2,1-2H3. The Morgan fingerprint density at radius 2 is 1.94 bits per heavy atom. The minimum Gasteiger partial charge on any atom is -0.410 e. The summed E-state index contributed by atoms with van der Waals surface area (Å²) in [7, 11) is 0. The van der Waals surface area contributed by atoms with E-state index >= 15 is 0 Å². The van der Waals surface area contributed by atoms with E-state index in [2.05, 4.69) is 6.92 Å². The summed E-state index contributed by atoms with van der Waals surface area (Å²) in [6, 6.07) is 0. The van der Waals surface area contributed by atoms with Crippen LogP contribution in [0, 0.1) is 0 Å². The highest BCUT2D eigenvalue weighted by molar-refractivity contribution is 5.65. The van der Waals surface area contributed by atoms with Crippen LogP contribution >= 0.6 is 0 Å². The van der Waals surface area contributed by atoms with Crippen LogP contribution < -0.4 is 0 Å². The number of carbonyl (C=O) groups is 1. The van der Waals surface area contributed by atoms with Gasteiger partial charge in [-0.05, 0) is 6.42 Å². The van der Waals surface area contributed by atoms with Gasteiger partial charge < -0.3 is 14.2 Å². The molecule has 0 aromatic heterocycles. The molecular formula is C13H24O4. The maximum absolute atomic E-state index is 10.7. The van der Waals surface area contributed by atoms with E-state index < -0.39 is 6.48 Å². The fourth-order valence-electron chi connectivity index (χ4n) is 1.92. The second-order valence-corrected chi connectivity index (χ2v) is 4.55. The summed E-state index contributed by atoms with van der Waals surface area (Å²) in [6.07, 6.45) is 8.72. The first-order chi connectivity index (χ1) is 8.22. The van der Waals surface area contributed by atoms with Crippen LogP contribution in [0.15, 0.2) is 0 Å². The van der Waals surface area contributed by atoms with Crippen molar-refractivity contribution in [3.8, 4) is 0 Å². The van der Waals surface area contributed by atoms with Gasteiger partial charge in [0.15, 0.2) is 0 Å². The van der Waals surface area contributed by atoms with E-state index in [1.807, 2.05) is 0 Å². The summed E-state index contributed by atoms with van der Waals surface area (Å²) >= 11 is 0. The number of esters is 1. The molecule has 1 aliphatic rings. The van der Waals surface area contributed by atoms with Crippen LogP contribution in [-0.2, 0) is 19.0 Å². The zero-order valence-electron chi connectivity index (χ0n) is 10.9. The zero-order chi connectivity index (χ0) is 12.5. The van der Waals surface area contributed by atoms with E-state index in [1.165, 1.54) is 39.0 Å². The SMILES string of the molecule is CCCCCCCCC1COC(OC(C)=O)O1. The van der Waals surface area contributed by atoms with E-state index in [0.29, 0.717) is 6.61 Å². The molecule has 0 saturated carbocycles. The van der Waals surface area contributed by atoms with E-state index in [0.717, 1.165) is 12.8 Å². The molecule has 1 rings (SSSR count). The molecular weight excluding hydrogens is 220 g/mol. The predicted molar refractivity (Wildman–Crippen MR) is 64.4 cm³/mol. The van der Waals surface area contributed by atoms with Gasteiger partial charge >= 0.3 is 12.4 Å². The fraction of sp³-hybridized carbons (Fsp3) is 0.923. The highest BCUT2D eigenvalue weighted by atomic mass is 16.9. The van der Waals surface area contributed by atoms with Gasteiger partial charge in [0.1, 0.15) is 0 Å². The largest absolute Gasteiger partial charge is 0.410 e. The van der Waals surface area contributed by atoms with Gasteiger partial charge in [-0.1, -0.05) is 45.4 Å². The molecule has 1 aliphatic heterocycles. The van der Waals surface area contributed by atoms with Crippen molar-refractivity contribution < 1.29 is 19.0 Å². The van der Waals surface area contributed by atoms with Gasteiger partial charge in [-0.2, -0.15) is 0 Å². The molecule has 0 N–H and O–H groups in total. The summed E-state index contributed by atoms with van der Waals surface area (Å²) in [5, 5.41) is 0. The molecule has 1 saturated heterocycles. The fourth-order valence-corrected chi connectivity index (χ4v) is 1.92. The summed E-state index contributed by atoms with van der Waals surface area (Å²) in [5.41, 5.74) is 0. The second-order valence-electron chi connectivity index (χ2n) is 4.55. The lowest BCUT2D eigenvalue weighted by molar-refractivity contribution is -0.231. The molecule has 2 unspecified atom stereocenters. The Morgan fingerprint density at radius 3 is 2.65 bits per heavy atom. The molecule has 4 heteroatoms. The molecule has 0 aromatic rings. The van der Waals surface area contributed by atoms with Crippen LogP contribution in [0.4, 0.5) is 0 Å². The van der Waals surface area contributed by atoms with Crippen molar-refractivity contribution in [2.45, 2.75) is 71.4 Å². The van der Waals surface area contributed by atoms with Crippen LogP contribution in [0.3, 0.4) is 0 Å². The Hall–Kier alpha value is -0.610. The first kappa shape index (κ1) is 14.5. The lowest BCUT2D eigenvalue weighted by atomic mass is 10.1. The number of ether oxygens (including phenoxy) is 3. The molecule has 17 heavy (non-hydrogen) atoms. The van der Waals surface area contributed by atoms with Crippen molar-refractivity contribution in [3.05, 3.63) is 0 Å². The third-order valence-corrected chi connectivity index (χ3v) is 2.86. The number of hydrogen-bond acceptors (Lipinski definition) is 4. The lowest BCUT2D eigenvalue weighted by Crippen LogP contribution is -2.18. The van der Waals surface area contributed by atoms with Crippen molar-refractivity contribution >= 4 is 5.97 Å². The summed E-state index contributed by atoms with van der Waals surface area (Å²) in [4.78, 5) is 10.7. The molecule has 100 valence electrons. The van der Waals surface area contributed by atoms with Crippen LogP contribution in [0.2, 0.25) is 0 Å². The first-order valence-electron chi connectivity index (χ1n) is 6.66.